The average molecular weight is 242 g/mol. The Balaban J connectivity index is 2.29. The molecule has 4 rings (SSSR count). The van der Waals surface area contributed by atoms with Gasteiger partial charge >= 0.3 is 0 Å². The molecule has 0 saturated carbocycles. The molecule has 0 nitrogen and oxygen atoms in total. The molecule has 0 saturated heterocycles. The zero-order chi connectivity index (χ0) is 12.8. The van der Waals surface area contributed by atoms with E-state index in [1.807, 2.05) is 0 Å². The standard InChI is InChI=1S/C19H14/c1-13-10-16-11-14-6-2-3-7-15(14)12-19(16)18-9-5-4-8-17(13)18/h2-12H,1H3. The second-order valence-electron chi connectivity index (χ2n) is 5.16. The van der Waals surface area contributed by atoms with Crippen molar-refractivity contribution in [3.8, 4) is 0 Å². The minimum absolute atomic E-state index is 1.31. The van der Waals surface area contributed by atoms with Gasteiger partial charge in [0.2, 0.25) is 0 Å². The Bertz CT molecular complexity index is 917. The first-order valence-corrected chi connectivity index (χ1v) is 6.64. The quantitative estimate of drug-likeness (QED) is 0.284. The third kappa shape index (κ3) is 1.53. The largest absolute Gasteiger partial charge is 0.0616 e. The van der Waals surface area contributed by atoms with Crippen molar-refractivity contribution in [3.05, 3.63) is 72.3 Å². The van der Waals surface area contributed by atoms with Gasteiger partial charge in [-0.2, -0.15) is 0 Å². The van der Waals surface area contributed by atoms with E-state index in [-0.39, 0.29) is 0 Å². The minimum atomic E-state index is 1.31. The Morgan fingerprint density at radius 2 is 1.16 bits per heavy atom. The van der Waals surface area contributed by atoms with E-state index in [0.29, 0.717) is 0 Å². The lowest BCUT2D eigenvalue weighted by molar-refractivity contribution is 1.56. The SMILES string of the molecule is Cc1cc2cc3ccccc3cc2c2ccccc12. The lowest BCUT2D eigenvalue weighted by atomic mass is 9.95. The molecule has 0 amide bonds. The van der Waals surface area contributed by atoms with Crippen LogP contribution in [0.2, 0.25) is 0 Å². The highest BCUT2D eigenvalue weighted by molar-refractivity contribution is 6.13. The van der Waals surface area contributed by atoms with Crippen LogP contribution in [0, 0.1) is 6.92 Å². The second kappa shape index (κ2) is 3.83. The molecule has 0 fully saturated rings. The molecule has 0 unspecified atom stereocenters. The molecule has 0 bridgehead atoms. The van der Waals surface area contributed by atoms with Crippen LogP contribution in [-0.2, 0) is 0 Å². The average Bonchev–Trinajstić information content (AvgIpc) is 2.46. The van der Waals surface area contributed by atoms with Crippen LogP contribution in [0.25, 0.3) is 32.3 Å². The summed E-state index contributed by atoms with van der Waals surface area (Å²) < 4.78 is 0. The van der Waals surface area contributed by atoms with Crippen molar-refractivity contribution in [2.45, 2.75) is 6.92 Å². The summed E-state index contributed by atoms with van der Waals surface area (Å²) in [5.74, 6) is 0. The molecule has 0 aromatic heterocycles. The van der Waals surface area contributed by atoms with Gasteiger partial charge in [0, 0.05) is 0 Å². The molecule has 0 aliphatic rings. The summed E-state index contributed by atoms with van der Waals surface area (Å²) in [7, 11) is 0. The maximum atomic E-state index is 2.31. The van der Waals surface area contributed by atoms with Gasteiger partial charge in [0.05, 0.1) is 0 Å². The molecule has 0 heterocycles. The van der Waals surface area contributed by atoms with E-state index in [1.54, 1.807) is 0 Å². The fourth-order valence-electron chi connectivity index (χ4n) is 2.98. The summed E-state index contributed by atoms with van der Waals surface area (Å²) in [6, 6.07) is 24.1. The third-order valence-corrected chi connectivity index (χ3v) is 3.93. The highest BCUT2D eigenvalue weighted by Gasteiger charge is 2.04. The molecule has 0 N–H and O–H groups in total. The molecule has 0 heteroatoms. The van der Waals surface area contributed by atoms with Crippen LogP contribution in [0.1, 0.15) is 5.56 Å². The van der Waals surface area contributed by atoms with Crippen molar-refractivity contribution in [1.29, 1.82) is 0 Å². The molecule has 0 aliphatic carbocycles. The highest BCUT2D eigenvalue weighted by atomic mass is 14.1. The monoisotopic (exact) mass is 242 g/mol. The van der Waals surface area contributed by atoms with Crippen LogP contribution in [0.15, 0.2) is 66.7 Å². The van der Waals surface area contributed by atoms with Gasteiger partial charge in [-0.15, -0.1) is 0 Å². The van der Waals surface area contributed by atoms with Gasteiger partial charge in [0.25, 0.3) is 0 Å². The van der Waals surface area contributed by atoms with Crippen LogP contribution >= 0.6 is 0 Å². The summed E-state index contributed by atoms with van der Waals surface area (Å²) in [5, 5.41) is 8.00. The number of rotatable bonds is 0. The summed E-state index contributed by atoms with van der Waals surface area (Å²) in [6.07, 6.45) is 0. The Morgan fingerprint density at radius 1 is 0.526 bits per heavy atom. The lowest BCUT2D eigenvalue weighted by Crippen LogP contribution is -1.83. The number of hydrogen-bond donors (Lipinski definition) is 0. The smallest absolute Gasteiger partial charge is 0.00988 e. The highest BCUT2D eigenvalue weighted by Crippen LogP contribution is 2.31. The Kier molecular flexibility index (Phi) is 2.13. The molecule has 19 heavy (non-hydrogen) atoms. The van der Waals surface area contributed by atoms with Crippen LogP contribution in [0.5, 0.6) is 0 Å². The normalized spacial score (nSPS) is 11.4. The van der Waals surface area contributed by atoms with Gasteiger partial charge in [0.15, 0.2) is 0 Å². The first-order valence-electron chi connectivity index (χ1n) is 6.64. The van der Waals surface area contributed by atoms with E-state index < -0.39 is 0 Å². The number of fused-ring (bicyclic) bond motifs is 4. The molecule has 0 radical (unpaired) electrons. The van der Waals surface area contributed by atoms with Crippen molar-refractivity contribution < 1.29 is 0 Å². The van der Waals surface area contributed by atoms with E-state index in [0.717, 1.165) is 0 Å². The molecule has 0 atom stereocenters. The van der Waals surface area contributed by atoms with Crippen LogP contribution in [0.3, 0.4) is 0 Å². The van der Waals surface area contributed by atoms with E-state index in [9.17, 15) is 0 Å². The first-order chi connectivity index (χ1) is 9.33. The van der Waals surface area contributed by atoms with Crippen LogP contribution in [-0.4, -0.2) is 0 Å². The molecule has 4 aromatic carbocycles. The minimum Gasteiger partial charge on any atom is -0.0616 e. The maximum Gasteiger partial charge on any atom is -0.00988 e. The van der Waals surface area contributed by atoms with Crippen molar-refractivity contribution >= 4 is 32.3 Å². The van der Waals surface area contributed by atoms with Crippen molar-refractivity contribution in [2.75, 3.05) is 0 Å². The first kappa shape index (κ1) is 10.6. The van der Waals surface area contributed by atoms with Crippen molar-refractivity contribution in [3.63, 3.8) is 0 Å². The summed E-state index contributed by atoms with van der Waals surface area (Å²) in [5.41, 5.74) is 1.35. The molecule has 90 valence electrons. The van der Waals surface area contributed by atoms with E-state index in [2.05, 4.69) is 73.7 Å². The molecule has 0 aliphatic heterocycles. The zero-order valence-corrected chi connectivity index (χ0v) is 10.9. The molecule has 0 spiro atoms. The van der Waals surface area contributed by atoms with Crippen LogP contribution in [0.4, 0.5) is 0 Å². The Morgan fingerprint density at radius 3 is 1.95 bits per heavy atom. The van der Waals surface area contributed by atoms with Gasteiger partial charge in [-0.25, -0.2) is 0 Å². The predicted octanol–water partition coefficient (Wildman–Crippen LogP) is 5.45. The van der Waals surface area contributed by atoms with Crippen LogP contribution < -0.4 is 0 Å². The van der Waals surface area contributed by atoms with Crippen molar-refractivity contribution in [1.82, 2.24) is 0 Å². The van der Waals surface area contributed by atoms with Gasteiger partial charge in [-0.3, -0.25) is 0 Å². The van der Waals surface area contributed by atoms with Gasteiger partial charge in [-0.05, 0) is 56.9 Å². The molecule has 4 aromatic rings. The van der Waals surface area contributed by atoms with E-state index in [1.165, 1.54) is 37.9 Å². The number of hydrogen-bond acceptors (Lipinski definition) is 0. The topological polar surface area (TPSA) is 0 Å². The third-order valence-electron chi connectivity index (χ3n) is 3.93. The van der Waals surface area contributed by atoms with Gasteiger partial charge < -0.3 is 0 Å². The van der Waals surface area contributed by atoms with Gasteiger partial charge in [0.1, 0.15) is 0 Å². The second-order valence-corrected chi connectivity index (χ2v) is 5.16. The fraction of sp³-hybridized carbons (Fsp3) is 0.0526. The summed E-state index contributed by atoms with van der Waals surface area (Å²) >= 11 is 0. The number of aryl methyl sites for hydroxylation is 1. The van der Waals surface area contributed by atoms with Gasteiger partial charge in [-0.1, -0.05) is 54.6 Å². The number of benzene rings is 4. The summed E-state index contributed by atoms with van der Waals surface area (Å²) in [6.45, 7) is 2.19. The Hall–Kier alpha value is -2.34. The Labute approximate surface area is 112 Å². The van der Waals surface area contributed by atoms with Crippen molar-refractivity contribution in [2.24, 2.45) is 0 Å². The fourth-order valence-corrected chi connectivity index (χ4v) is 2.98. The van der Waals surface area contributed by atoms with E-state index >= 15 is 0 Å². The molecular weight excluding hydrogens is 228 g/mol. The molecular formula is C19H14. The summed E-state index contributed by atoms with van der Waals surface area (Å²) in [4.78, 5) is 0. The predicted molar refractivity (Wildman–Crippen MR) is 83.7 cm³/mol. The van der Waals surface area contributed by atoms with E-state index in [4.69, 9.17) is 0 Å². The maximum absolute atomic E-state index is 2.31. The lowest BCUT2D eigenvalue weighted by Gasteiger charge is -2.09. The zero-order valence-electron chi connectivity index (χ0n) is 10.9.